The minimum atomic E-state index is -0.351. The number of nitrogens with zero attached hydrogens (tertiary/aromatic N) is 1. The van der Waals surface area contributed by atoms with Crippen LogP contribution in [0.1, 0.15) is 26.7 Å². The fourth-order valence-electron chi connectivity index (χ4n) is 0.914. The Morgan fingerprint density at radius 2 is 2.25 bits per heavy atom. The van der Waals surface area contributed by atoms with Crippen LogP contribution < -0.4 is 11.1 Å². The maximum absolute atomic E-state index is 11.3. The number of amidine groups is 1. The van der Waals surface area contributed by atoms with E-state index in [2.05, 4.69) is 10.3 Å². The molecule has 0 saturated heterocycles. The molecule has 1 rings (SSSR count). The summed E-state index contributed by atoms with van der Waals surface area (Å²) in [5.41, 5.74) is 5.35. The van der Waals surface area contributed by atoms with Crippen molar-refractivity contribution in [3.8, 4) is 0 Å². The molecule has 0 aromatic carbocycles. The first-order chi connectivity index (χ1) is 5.59. The molecule has 0 heterocycles. The minimum absolute atomic E-state index is 0.0256. The third kappa shape index (κ3) is 2.90. The number of carbonyl (C=O) groups is 1. The van der Waals surface area contributed by atoms with E-state index in [9.17, 15) is 4.79 Å². The largest absolute Gasteiger partial charge is 0.388 e. The summed E-state index contributed by atoms with van der Waals surface area (Å²) in [4.78, 5) is 15.2. The van der Waals surface area contributed by atoms with E-state index in [0.29, 0.717) is 11.9 Å². The standard InChI is InChI=1S/C8H15N3O/c1-5(10-6(2)9)8(12)11-7-3-4-7/h5,7H,3-4H2,1-2H3,(H2,9,10)(H,11,12). The summed E-state index contributed by atoms with van der Waals surface area (Å²) < 4.78 is 0. The first-order valence-electron chi connectivity index (χ1n) is 4.20. The summed E-state index contributed by atoms with van der Waals surface area (Å²) in [6.07, 6.45) is 2.20. The van der Waals surface area contributed by atoms with Crippen molar-refractivity contribution in [2.75, 3.05) is 0 Å². The molecule has 0 spiro atoms. The molecule has 4 heteroatoms. The average Bonchev–Trinajstić information content (AvgIpc) is 2.70. The van der Waals surface area contributed by atoms with Gasteiger partial charge in [-0.15, -0.1) is 0 Å². The van der Waals surface area contributed by atoms with E-state index >= 15 is 0 Å². The molecule has 3 N–H and O–H groups in total. The number of carbonyl (C=O) groups excluding carboxylic acids is 1. The van der Waals surface area contributed by atoms with Crippen LogP contribution in [-0.2, 0) is 4.79 Å². The zero-order valence-corrected chi connectivity index (χ0v) is 7.50. The fraction of sp³-hybridized carbons (Fsp3) is 0.750. The lowest BCUT2D eigenvalue weighted by Gasteiger charge is -2.06. The number of hydrogen-bond donors (Lipinski definition) is 2. The Balaban J connectivity index is 2.34. The van der Waals surface area contributed by atoms with Gasteiger partial charge in [0.05, 0.1) is 5.84 Å². The molecule has 12 heavy (non-hydrogen) atoms. The molecule has 1 saturated carbocycles. The van der Waals surface area contributed by atoms with Gasteiger partial charge in [0, 0.05) is 6.04 Å². The summed E-state index contributed by atoms with van der Waals surface area (Å²) in [5.74, 6) is 0.427. The molecule has 1 aliphatic rings. The highest BCUT2D eigenvalue weighted by atomic mass is 16.2. The molecule has 68 valence electrons. The van der Waals surface area contributed by atoms with E-state index in [1.807, 2.05) is 0 Å². The summed E-state index contributed by atoms with van der Waals surface area (Å²) in [7, 11) is 0. The predicted octanol–water partition coefficient (Wildman–Crippen LogP) is 0.0306. The Bertz CT molecular complexity index is 204. The van der Waals surface area contributed by atoms with Gasteiger partial charge in [-0.2, -0.15) is 0 Å². The Hall–Kier alpha value is -1.06. The first-order valence-corrected chi connectivity index (χ1v) is 4.20. The van der Waals surface area contributed by atoms with E-state index < -0.39 is 0 Å². The predicted molar refractivity (Wildman–Crippen MR) is 47.9 cm³/mol. The van der Waals surface area contributed by atoms with Crippen LogP contribution in [0.3, 0.4) is 0 Å². The van der Waals surface area contributed by atoms with Gasteiger partial charge < -0.3 is 11.1 Å². The molecule has 0 aromatic heterocycles. The Kier molecular flexibility index (Phi) is 2.68. The van der Waals surface area contributed by atoms with Gasteiger partial charge in [0.1, 0.15) is 6.04 Å². The average molecular weight is 169 g/mol. The quantitative estimate of drug-likeness (QED) is 0.462. The minimum Gasteiger partial charge on any atom is -0.388 e. The monoisotopic (exact) mass is 169 g/mol. The number of rotatable bonds is 3. The van der Waals surface area contributed by atoms with Gasteiger partial charge >= 0.3 is 0 Å². The van der Waals surface area contributed by atoms with Crippen molar-refractivity contribution in [2.45, 2.75) is 38.8 Å². The second-order valence-corrected chi connectivity index (χ2v) is 3.23. The van der Waals surface area contributed by atoms with E-state index in [4.69, 9.17) is 5.73 Å². The molecule has 1 aliphatic carbocycles. The molecular weight excluding hydrogens is 154 g/mol. The van der Waals surface area contributed by atoms with Crippen LogP contribution in [-0.4, -0.2) is 23.8 Å². The number of amides is 1. The zero-order chi connectivity index (χ0) is 9.14. The van der Waals surface area contributed by atoms with Crippen molar-refractivity contribution in [2.24, 2.45) is 10.7 Å². The van der Waals surface area contributed by atoms with Gasteiger partial charge in [-0.1, -0.05) is 0 Å². The summed E-state index contributed by atoms with van der Waals surface area (Å²) in [6, 6.07) is 0.0452. The third-order valence-electron chi connectivity index (χ3n) is 1.70. The highest BCUT2D eigenvalue weighted by molar-refractivity contribution is 5.86. The summed E-state index contributed by atoms with van der Waals surface area (Å²) in [6.45, 7) is 3.43. The normalized spacial score (nSPS) is 20.3. The van der Waals surface area contributed by atoms with Crippen molar-refractivity contribution in [3.63, 3.8) is 0 Å². The van der Waals surface area contributed by atoms with E-state index in [0.717, 1.165) is 12.8 Å². The van der Waals surface area contributed by atoms with Gasteiger partial charge in [-0.3, -0.25) is 9.79 Å². The molecule has 0 aromatic rings. The smallest absolute Gasteiger partial charge is 0.244 e. The summed E-state index contributed by atoms with van der Waals surface area (Å²) in [5, 5.41) is 2.86. The van der Waals surface area contributed by atoms with Gasteiger partial charge in [0.25, 0.3) is 0 Å². The lowest BCUT2D eigenvalue weighted by molar-refractivity contribution is -0.122. The molecule has 0 radical (unpaired) electrons. The van der Waals surface area contributed by atoms with Crippen LogP contribution in [0, 0.1) is 0 Å². The maximum atomic E-state index is 11.3. The zero-order valence-electron chi connectivity index (χ0n) is 7.50. The molecule has 1 fully saturated rings. The van der Waals surface area contributed by atoms with Gasteiger partial charge in [0.2, 0.25) is 5.91 Å². The van der Waals surface area contributed by atoms with Crippen LogP contribution in [0.15, 0.2) is 4.99 Å². The second kappa shape index (κ2) is 3.56. The highest BCUT2D eigenvalue weighted by Crippen LogP contribution is 2.18. The second-order valence-electron chi connectivity index (χ2n) is 3.23. The molecule has 1 unspecified atom stereocenters. The third-order valence-corrected chi connectivity index (χ3v) is 1.70. The number of hydrogen-bond acceptors (Lipinski definition) is 2. The fourth-order valence-corrected chi connectivity index (χ4v) is 0.914. The van der Waals surface area contributed by atoms with Gasteiger partial charge in [-0.25, -0.2) is 0 Å². The Labute approximate surface area is 72.2 Å². The van der Waals surface area contributed by atoms with Gasteiger partial charge in [0.15, 0.2) is 0 Å². The van der Waals surface area contributed by atoms with Crippen molar-refractivity contribution < 1.29 is 4.79 Å². The van der Waals surface area contributed by atoms with Crippen LogP contribution in [0.25, 0.3) is 0 Å². The summed E-state index contributed by atoms with van der Waals surface area (Å²) >= 11 is 0. The molecule has 0 bridgehead atoms. The Morgan fingerprint density at radius 1 is 1.67 bits per heavy atom. The number of aliphatic imine (C=N–C) groups is 1. The molecule has 1 atom stereocenters. The lowest BCUT2D eigenvalue weighted by Crippen LogP contribution is -2.34. The SMILES string of the molecule is CC(N)=NC(C)C(=O)NC1CC1. The van der Waals surface area contributed by atoms with Gasteiger partial charge in [-0.05, 0) is 26.7 Å². The number of nitrogens with two attached hydrogens (primary N) is 1. The van der Waals surface area contributed by atoms with E-state index in [1.54, 1.807) is 13.8 Å². The van der Waals surface area contributed by atoms with E-state index in [1.165, 1.54) is 0 Å². The Morgan fingerprint density at radius 3 is 2.67 bits per heavy atom. The van der Waals surface area contributed by atoms with Crippen LogP contribution in [0.5, 0.6) is 0 Å². The lowest BCUT2D eigenvalue weighted by atomic mass is 10.3. The van der Waals surface area contributed by atoms with Crippen molar-refractivity contribution in [1.29, 1.82) is 0 Å². The van der Waals surface area contributed by atoms with Crippen LogP contribution in [0.2, 0.25) is 0 Å². The molecular formula is C8H15N3O. The topological polar surface area (TPSA) is 67.5 Å². The molecule has 4 nitrogen and oxygen atoms in total. The van der Waals surface area contributed by atoms with Crippen LogP contribution in [0.4, 0.5) is 0 Å². The highest BCUT2D eigenvalue weighted by Gasteiger charge is 2.25. The maximum Gasteiger partial charge on any atom is 0.244 e. The molecule has 1 amide bonds. The van der Waals surface area contributed by atoms with Crippen LogP contribution >= 0.6 is 0 Å². The van der Waals surface area contributed by atoms with Crippen molar-refractivity contribution in [3.05, 3.63) is 0 Å². The van der Waals surface area contributed by atoms with E-state index in [-0.39, 0.29) is 11.9 Å². The number of nitrogens with one attached hydrogen (secondary N) is 1. The molecule has 0 aliphatic heterocycles. The first kappa shape index (κ1) is 9.03. The van der Waals surface area contributed by atoms with Crippen molar-refractivity contribution in [1.82, 2.24) is 5.32 Å². The van der Waals surface area contributed by atoms with Crippen molar-refractivity contribution >= 4 is 11.7 Å².